The van der Waals surface area contributed by atoms with Crippen LogP contribution < -0.4 is 10.1 Å². The number of nitrogens with zero attached hydrogens (tertiary/aromatic N) is 1. The van der Waals surface area contributed by atoms with Gasteiger partial charge in [-0.2, -0.15) is 0 Å². The molecule has 1 N–H and O–H groups in total. The van der Waals surface area contributed by atoms with E-state index in [0.29, 0.717) is 13.0 Å². The summed E-state index contributed by atoms with van der Waals surface area (Å²) < 4.78 is 5.69. The summed E-state index contributed by atoms with van der Waals surface area (Å²) in [6.07, 6.45) is 2.47. The van der Waals surface area contributed by atoms with E-state index in [0.717, 1.165) is 29.8 Å². The molecule has 1 aromatic heterocycles. The molecule has 2 aromatic rings. The fraction of sp³-hybridized carbons (Fsp3) is 0.412. The molecule has 4 nitrogen and oxygen atoms in total. The van der Waals surface area contributed by atoms with E-state index in [1.807, 2.05) is 24.6 Å². The van der Waals surface area contributed by atoms with E-state index in [1.54, 1.807) is 11.3 Å². The van der Waals surface area contributed by atoms with Gasteiger partial charge in [0.05, 0.1) is 11.2 Å². The van der Waals surface area contributed by atoms with E-state index in [1.165, 1.54) is 10.4 Å². The number of hydrogen-bond donors (Lipinski definition) is 1. The number of aromatic nitrogens is 1. The van der Waals surface area contributed by atoms with Gasteiger partial charge in [0.1, 0.15) is 11.9 Å². The van der Waals surface area contributed by atoms with Crippen LogP contribution in [0.4, 0.5) is 0 Å². The Bertz CT molecular complexity index is 681. The van der Waals surface area contributed by atoms with Crippen LogP contribution >= 0.6 is 11.3 Å². The minimum absolute atomic E-state index is 0.0814. The first-order valence-electron chi connectivity index (χ1n) is 7.56. The number of nitrogens with one attached hydrogen (secondary N) is 1. The van der Waals surface area contributed by atoms with Crippen LogP contribution in [0.3, 0.4) is 0 Å². The Labute approximate surface area is 134 Å². The number of amides is 1. The molecular weight excluding hydrogens is 296 g/mol. The van der Waals surface area contributed by atoms with Gasteiger partial charge < -0.3 is 10.1 Å². The number of thiazole rings is 1. The first-order chi connectivity index (χ1) is 10.6. The summed E-state index contributed by atoms with van der Waals surface area (Å²) in [5.74, 6) is 1.06. The fourth-order valence-corrected chi connectivity index (χ4v) is 3.45. The predicted molar refractivity (Wildman–Crippen MR) is 87.3 cm³/mol. The zero-order valence-corrected chi connectivity index (χ0v) is 13.7. The molecule has 3 rings (SSSR count). The van der Waals surface area contributed by atoms with E-state index < -0.39 is 0 Å². The molecule has 0 aliphatic carbocycles. The molecule has 0 saturated carbocycles. The van der Waals surface area contributed by atoms with Crippen LogP contribution in [0, 0.1) is 6.92 Å². The van der Waals surface area contributed by atoms with Crippen LogP contribution in [-0.2, 0) is 24.2 Å². The molecule has 116 valence electrons. The molecule has 1 aliphatic heterocycles. The van der Waals surface area contributed by atoms with Crippen molar-refractivity contribution in [3.8, 4) is 5.75 Å². The van der Waals surface area contributed by atoms with Gasteiger partial charge in [0.25, 0.3) is 0 Å². The molecule has 0 bridgehead atoms. The van der Waals surface area contributed by atoms with Gasteiger partial charge in [0, 0.05) is 24.3 Å². The van der Waals surface area contributed by atoms with Crippen LogP contribution in [0.2, 0.25) is 0 Å². The van der Waals surface area contributed by atoms with Crippen molar-refractivity contribution in [2.75, 3.05) is 0 Å². The van der Waals surface area contributed by atoms with Crippen molar-refractivity contribution in [2.24, 2.45) is 0 Å². The van der Waals surface area contributed by atoms with E-state index in [9.17, 15) is 4.79 Å². The number of rotatable bonds is 5. The molecule has 0 radical (unpaired) electrons. The average Bonchev–Trinajstić information content (AvgIpc) is 3.06. The maximum atomic E-state index is 12.0. The molecule has 1 unspecified atom stereocenters. The smallest absolute Gasteiger partial charge is 0.220 e. The van der Waals surface area contributed by atoms with Crippen molar-refractivity contribution in [3.05, 3.63) is 45.4 Å². The lowest BCUT2D eigenvalue weighted by atomic mass is 10.1. The number of ether oxygens (including phenoxy) is 1. The van der Waals surface area contributed by atoms with E-state index >= 15 is 0 Å². The number of carbonyl (C=O) groups excluding carboxylic acids is 1. The van der Waals surface area contributed by atoms with Crippen molar-refractivity contribution >= 4 is 17.2 Å². The highest BCUT2D eigenvalue weighted by atomic mass is 32.1. The highest BCUT2D eigenvalue weighted by Crippen LogP contribution is 2.29. The molecule has 0 fully saturated rings. The van der Waals surface area contributed by atoms with Gasteiger partial charge in [0.2, 0.25) is 5.91 Å². The van der Waals surface area contributed by atoms with Crippen molar-refractivity contribution in [3.63, 3.8) is 0 Å². The largest absolute Gasteiger partial charge is 0.490 e. The summed E-state index contributed by atoms with van der Waals surface area (Å²) >= 11 is 1.61. The molecule has 1 aromatic carbocycles. The normalized spacial score (nSPS) is 16.2. The van der Waals surface area contributed by atoms with Gasteiger partial charge in [-0.1, -0.05) is 12.1 Å². The minimum Gasteiger partial charge on any atom is -0.490 e. The SMILES string of the molecule is Cc1ncsc1CCC(=O)NCc1ccc2c(c1)CC(C)O2. The van der Waals surface area contributed by atoms with E-state index in [-0.39, 0.29) is 12.0 Å². The lowest BCUT2D eigenvalue weighted by molar-refractivity contribution is -0.121. The Morgan fingerprint density at radius 1 is 1.50 bits per heavy atom. The van der Waals surface area contributed by atoms with Gasteiger partial charge in [-0.25, -0.2) is 4.98 Å². The predicted octanol–water partition coefficient (Wildman–Crippen LogP) is 3.02. The van der Waals surface area contributed by atoms with Crippen molar-refractivity contribution in [1.29, 1.82) is 0 Å². The maximum absolute atomic E-state index is 12.0. The summed E-state index contributed by atoms with van der Waals surface area (Å²) in [5, 5.41) is 2.99. The van der Waals surface area contributed by atoms with Gasteiger partial charge >= 0.3 is 0 Å². The molecule has 22 heavy (non-hydrogen) atoms. The summed E-state index contributed by atoms with van der Waals surface area (Å²) in [4.78, 5) is 17.4. The number of aryl methyl sites for hydroxylation is 2. The average molecular weight is 316 g/mol. The van der Waals surface area contributed by atoms with E-state index in [4.69, 9.17) is 4.74 Å². The van der Waals surface area contributed by atoms with Crippen molar-refractivity contribution in [1.82, 2.24) is 10.3 Å². The first kappa shape index (κ1) is 15.0. The van der Waals surface area contributed by atoms with Crippen LogP contribution in [-0.4, -0.2) is 17.0 Å². The highest BCUT2D eigenvalue weighted by molar-refractivity contribution is 7.09. The lowest BCUT2D eigenvalue weighted by Gasteiger charge is -2.07. The third-order valence-electron chi connectivity index (χ3n) is 3.87. The quantitative estimate of drug-likeness (QED) is 0.922. The van der Waals surface area contributed by atoms with Crippen LogP contribution in [0.5, 0.6) is 5.75 Å². The molecular formula is C17H20N2O2S. The van der Waals surface area contributed by atoms with Gasteiger partial charge in [-0.05, 0) is 37.5 Å². The molecule has 2 heterocycles. The van der Waals surface area contributed by atoms with Crippen molar-refractivity contribution in [2.45, 2.75) is 45.8 Å². The summed E-state index contributed by atoms with van der Waals surface area (Å²) in [7, 11) is 0. The monoisotopic (exact) mass is 316 g/mol. The number of fused-ring (bicyclic) bond motifs is 1. The molecule has 0 saturated heterocycles. The Morgan fingerprint density at radius 3 is 3.14 bits per heavy atom. The Kier molecular flexibility index (Phi) is 4.43. The zero-order valence-electron chi connectivity index (χ0n) is 12.9. The van der Waals surface area contributed by atoms with Crippen LogP contribution in [0.25, 0.3) is 0 Å². The van der Waals surface area contributed by atoms with E-state index in [2.05, 4.69) is 23.3 Å². The zero-order chi connectivity index (χ0) is 15.5. The highest BCUT2D eigenvalue weighted by Gasteiger charge is 2.18. The van der Waals surface area contributed by atoms with Gasteiger partial charge in [0.15, 0.2) is 0 Å². The van der Waals surface area contributed by atoms with Gasteiger partial charge in [-0.15, -0.1) is 11.3 Å². The minimum atomic E-state index is 0.0814. The number of benzene rings is 1. The Hall–Kier alpha value is -1.88. The lowest BCUT2D eigenvalue weighted by Crippen LogP contribution is -2.23. The van der Waals surface area contributed by atoms with Crippen LogP contribution in [0.15, 0.2) is 23.7 Å². The number of hydrogen-bond acceptors (Lipinski definition) is 4. The summed E-state index contributed by atoms with van der Waals surface area (Å²) in [6.45, 7) is 4.63. The summed E-state index contributed by atoms with van der Waals surface area (Å²) in [6, 6.07) is 6.15. The molecule has 1 atom stereocenters. The molecule has 1 aliphatic rings. The maximum Gasteiger partial charge on any atom is 0.220 e. The Balaban J connectivity index is 1.49. The Morgan fingerprint density at radius 2 is 2.36 bits per heavy atom. The fourth-order valence-electron chi connectivity index (χ4n) is 2.67. The molecule has 5 heteroatoms. The second-order valence-corrected chi connectivity index (χ2v) is 6.65. The molecule has 0 spiro atoms. The standard InChI is InChI=1S/C17H20N2O2S/c1-11-7-14-8-13(3-4-15(14)21-11)9-18-17(20)6-5-16-12(2)19-10-22-16/h3-4,8,10-11H,5-7,9H2,1-2H3,(H,18,20). The first-order valence-corrected chi connectivity index (χ1v) is 8.44. The number of carbonyl (C=O) groups is 1. The third kappa shape index (κ3) is 3.47. The topological polar surface area (TPSA) is 51.2 Å². The third-order valence-corrected chi connectivity index (χ3v) is 4.87. The van der Waals surface area contributed by atoms with Gasteiger partial charge in [-0.3, -0.25) is 4.79 Å². The van der Waals surface area contributed by atoms with Crippen molar-refractivity contribution < 1.29 is 9.53 Å². The summed E-state index contributed by atoms with van der Waals surface area (Å²) in [5.41, 5.74) is 5.22. The van der Waals surface area contributed by atoms with Crippen LogP contribution in [0.1, 0.15) is 35.0 Å². The second kappa shape index (κ2) is 6.48. The molecule has 1 amide bonds. The second-order valence-electron chi connectivity index (χ2n) is 5.71.